The van der Waals surface area contributed by atoms with E-state index < -0.39 is 0 Å². The van der Waals surface area contributed by atoms with E-state index in [0.29, 0.717) is 34.8 Å². The monoisotopic (exact) mass is 483 g/mol. The quantitative estimate of drug-likeness (QED) is 0.362. The Bertz CT molecular complexity index is 1290. The number of benzene rings is 1. The number of aromatic nitrogens is 6. The number of anilines is 2. The highest BCUT2D eigenvalue weighted by Gasteiger charge is 2.20. The maximum Gasteiger partial charge on any atom is 0.226 e. The number of fused-ring (bicyclic) bond motifs is 1. The number of hydrogen-bond acceptors (Lipinski definition) is 8. The lowest BCUT2D eigenvalue weighted by Crippen LogP contribution is -2.09. The number of ether oxygens (including phenoxy) is 3. The number of imidazole rings is 1. The average Bonchev–Trinajstić information content (AvgIpc) is 3.60. The van der Waals surface area contributed by atoms with Gasteiger partial charge in [-0.05, 0) is 30.4 Å². The minimum Gasteiger partial charge on any atom is -0.493 e. The van der Waals surface area contributed by atoms with Gasteiger partial charge in [-0.2, -0.15) is 15.1 Å². The molecule has 3 heterocycles. The average molecular weight is 484 g/mol. The molecule has 0 unspecified atom stereocenters. The van der Waals surface area contributed by atoms with Crippen molar-refractivity contribution < 1.29 is 14.2 Å². The van der Waals surface area contributed by atoms with Gasteiger partial charge in [0, 0.05) is 18.7 Å². The molecule has 3 aromatic heterocycles. The Morgan fingerprint density at radius 3 is 2.47 bits per heavy atom. The second kappa shape index (κ2) is 9.38. The predicted molar refractivity (Wildman–Crippen MR) is 129 cm³/mol. The van der Waals surface area contributed by atoms with E-state index in [4.69, 9.17) is 25.8 Å². The molecule has 178 valence electrons. The summed E-state index contributed by atoms with van der Waals surface area (Å²) in [5, 5.41) is 8.77. The maximum atomic E-state index is 6.26. The Labute approximate surface area is 201 Å². The minimum absolute atomic E-state index is 0.159. The van der Waals surface area contributed by atoms with E-state index in [9.17, 15) is 0 Å². The molecule has 1 N–H and O–H groups in total. The molecule has 0 amide bonds. The van der Waals surface area contributed by atoms with Crippen molar-refractivity contribution in [3.63, 3.8) is 0 Å². The number of methoxy groups -OCH3 is 3. The molecule has 0 spiro atoms. The van der Waals surface area contributed by atoms with Crippen molar-refractivity contribution in [2.24, 2.45) is 5.92 Å². The topological polar surface area (TPSA) is 101 Å². The summed E-state index contributed by atoms with van der Waals surface area (Å²) in [6, 6.07) is 3.69. The van der Waals surface area contributed by atoms with E-state index in [0.717, 1.165) is 23.3 Å². The lowest BCUT2D eigenvalue weighted by atomic mass is 10.1. The summed E-state index contributed by atoms with van der Waals surface area (Å²) in [7, 11) is 4.74. The standard InChI is InChI=1S/C23H26ClN7O3/c1-32-17-8-15(9-18(33-2)20(17)34-3)30-12-19(25-13-30)27-21-16-10-26-31(11-14-6-4-5-7-14)22(16)29-23(24)28-21/h8-10,12-14H,4-7,11H2,1-3H3,(H,27,28,29). The van der Waals surface area contributed by atoms with Crippen LogP contribution in [0.5, 0.6) is 17.2 Å². The van der Waals surface area contributed by atoms with Crippen LogP contribution in [0.2, 0.25) is 5.28 Å². The molecule has 0 radical (unpaired) electrons. The molecule has 5 rings (SSSR count). The number of nitrogens with one attached hydrogen (secondary N) is 1. The molecule has 1 fully saturated rings. The zero-order chi connectivity index (χ0) is 23.7. The molecule has 11 heteroatoms. The number of rotatable bonds is 8. The summed E-state index contributed by atoms with van der Waals surface area (Å²) in [5.41, 5.74) is 1.52. The van der Waals surface area contributed by atoms with Gasteiger partial charge in [-0.15, -0.1) is 0 Å². The highest BCUT2D eigenvalue weighted by Crippen LogP contribution is 2.39. The van der Waals surface area contributed by atoms with Gasteiger partial charge in [0.1, 0.15) is 18.0 Å². The molecule has 1 aliphatic rings. The van der Waals surface area contributed by atoms with Gasteiger partial charge in [-0.3, -0.25) is 0 Å². The Hall–Kier alpha value is -3.53. The van der Waals surface area contributed by atoms with Crippen LogP contribution in [0, 0.1) is 5.92 Å². The Kier molecular flexibility index (Phi) is 6.14. The van der Waals surface area contributed by atoms with Crippen LogP contribution in [0.1, 0.15) is 25.7 Å². The van der Waals surface area contributed by atoms with E-state index >= 15 is 0 Å². The van der Waals surface area contributed by atoms with Crippen LogP contribution in [-0.4, -0.2) is 50.6 Å². The lowest BCUT2D eigenvalue weighted by molar-refractivity contribution is 0.324. The van der Waals surface area contributed by atoms with Crippen molar-refractivity contribution in [1.29, 1.82) is 0 Å². The molecular weight excluding hydrogens is 458 g/mol. The van der Waals surface area contributed by atoms with Crippen molar-refractivity contribution >= 4 is 34.3 Å². The van der Waals surface area contributed by atoms with Crippen molar-refractivity contribution in [3.8, 4) is 22.9 Å². The summed E-state index contributed by atoms with van der Waals surface area (Å²) in [5.74, 6) is 3.41. The molecule has 10 nitrogen and oxygen atoms in total. The van der Waals surface area contributed by atoms with Crippen LogP contribution >= 0.6 is 11.6 Å². The summed E-state index contributed by atoms with van der Waals surface area (Å²) >= 11 is 6.26. The van der Waals surface area contributed by atoms with Gasteiger partial charge in [-0.1, -0.05) is 12.8 Å². The normalized spacial score (nSPS) is 14.0. The van der Waals surface area contributed by atoms with Crippen molar-refractivity contribution in [2.45, 2.75) is 32.2 Å². The third kappa shape index (κ3) is 4.21. The largest absolute Gasteiger partial charge is 0.493 e. The van der Waals surface area contributed by atoms with E-state index in [1.807, 2.05) is 27.6 Å². The highest BCUT2D eigenvalue weighted by atomic mass is 35.5. The summed E-state index contributed by atoms with van der Waals surface area (Å²) in [4.78, 5) is 13.3. The molecule has 0 saturated heterocycles. The van der Waals surface area contributed by atoms with E-state index in [2.05, 4.69) is 25.4 Å². The first-order valence-electron chi connectivity index (χ1n) is 11.1. The van der Waals surface area contributed by atoms with Crippen LogP contribution in [0.4, 0.5) is 11.6 Å². The van der Waals surface area contributed by atoms with Crippen LogP contribution in [0.15, 0.2) is 30.9 Å². The summed E-state index contributed by atoms with van der Waals surface area (Å²) < 4.78 is 20.1. The van der Waals surface area contributed by atoms with Gasteiger partial charge in [0.25, 0.3) is 0 Å². The molecule has 0 aliphatic heterocycles. The molecule has 0 atom stereocenters. The van der Waals surface area contributed by atoms with Gasteiger partial charge in [0.15, 0.2) is 17.1 Å². The van der Waals surface area contributed by atoms with E-state index in [1.54, 1.807) is 33.9 Å². The zero-order valence-corrected chi connectivity index (χ0v) is 20.0. The first-order chi connectivity index (χ1) is 16.6. The fourth-order valence-electron chi connectivity index (χ4n) is 4.46. The highest BCUT2D eigenvalue weighted by molar-refractivity contribution is 6.28. The van der Waals surface area contributed by atoms with Crippen LogP contribution in [0.25, 0.3) is 16.7 Å². The molecule has 4 aromatic rings. The molecule has 0 bridgehead atoms. The Morgan fingerprint density at radius 1 is 1.06 bits per heavy atom. The summed E-state index contributed by atoms with van der Waals surface area (Å²) in [6.45, 7) is 0.839. The number of hydrogen-bond donors (Lipinski definition) is 1. The first kappa shape index (κ1) is 22.3. The minimum atomic E-state index is 0.159. The molecule has 1 saturated carbocycles. The first-order valence-corrected chi connectivity index (χ1v) is 11.5. The van der Waals surface area contributed by atoms with Crippen molar-refractivity contribution in [1.82, 2.24) is 29.3 Å². The third-order valence-electron chi connectivity index (χ3n) is 6.15. The van der Waals surface area contributed by atoms with Crippen LogP contribution < -0.4 is 19.5 Å². The second-order valence-corrected chi connectivity index (χ2v) is 8.57. The SMILES string of the molecule is COc1cc(-n2cnc(Nc3nc(Cl)nc4c3cnn4CC3CCCC3)c2)cc(OC)c1OC. The molecule has 34 heavy (non-hydrogen) atoms. The predicted octanol–water partition coefficient (Wildman–Crippen LogP) is 4.63. The fraction of sp³-hybridized carbons (Fsp3) is 0.391. The number of nitrogens with zero attached hydrogens (tertiary/aromatic N) is 6. The van der Waals surface area contributed by atoms with Crippen molar-refractivity contribution in [3.05, 3.63) is 36.1 Å². The lowest BCUT2D eigenvalue weighted by Gasteiger charge is -2.14. The van der Waals surface area contributed by atoms with Gasteiger partial charge in [-0.25, -0.2) is 9.67 Å². The van der Waals surface area contributed by atoms with Crippen LogP contribution in [0.3, 0.4) is 0 Å². The van der Waals surface area contributed by atoms with E-state index in [1.165, 1.54) is 25.7 Å². The second-order valence-electron chi connectivity index (χ2n) is 8.23. The van der Waals surface area contributed by atoms with E-state index in [-0.39, 0.29) is 5.28 Å². The van der Waals surface area contributed by atoms with Gasteiger partial charge < -0.3 is 24.1 Å². The third-order valence-corrected chi connectivity index (χ3v) is 6.32. The molecule has 1 aliphatic carbocycles. The Balaban J connectivity index is 1.44. The Morgan fingerprint density at radius 2 is 1.79 bits per heavy atom. The maximum absolute atomic E-state index is 6.26. The smallest absolute Gasteiger partial charge is 0.226 e. The molecular formula is C23H26ClN7O3. The van der Waals surface area contributed by atoms with Crippen LogP contribution in [-0.2, 0) is 6.54 Å². The van der Waals surface area contributed by atoms with Gasteiger partial charge in [0.2, 0.25) is 11.0 Å². The zero-order valence-electron chi connectivity index (χ0n) is 19.3. The summed E-state index contributed by atoms with van der Waals surface area (Å²) in [6.07, 6.45) is 10.3. The van der Waals surface area contributed by atoms with Gasteiger partial charge >= 0.3 is 0 Å². The van der Waals surface area contributed by atoms with Crippen molar-refractivity contribution in [2.75, 3.05) is 26.6 Å². The molecule has 1 aromatic carbocycles. The number of halogens is 1. The fourth-order valence-corrected chi connectivity index (χ4v) is 4.63. The van der Waals surface area contributed by atoms with Gasteiger partial charge in [0.05, 0.1) is 44.8 Å².